The lowest BCUT2D eigenvalue weighted by molar-refractivity contribution is 0.0829. The summed E-state index contributed by atoms with van der Waals surface area (Å²) in [7, 11) is 1.57. The molecule has 0 bridgehead atoms. The number of benzene rings is 2. The number of nitrogens with one attached hydrogen (secondary N) is 1. The average Bonchev–Trinajstić information content (AvgIpc) is 2.85. The zero-order valence-electron chi connectivity index (χ0n) is 22.2. The number of nitrogens with zero attached hydrogens (tertiary/aromatic N) is 1. The number of fused-ring (bicyclic) bond motifs is 3. The molecule has 2 aromatic rings. The number of aryl methyl sites for hydroxylation is 1. The normalized spacial score (nSPS) is 25.2. The van der Waals surface area contributed by atoms with Gasteiger partial charge in [-0.2, -0.15) is 0 Å². The largest absolute Gasteiger partial charge is 0.399 e. The van der Waals surface area contributed by atoms with Gasteiger partial charge >= 0.3 is 0 Å². The molecule has 3 nitrogen and oxygen atoms in total. The molecule has 0 radical (unpaired) electrons. The van der Waals surface area contributed by atoms with Gasteiger partial charge in [-0.05, 0) is 110 Å². The van der Waals surface area contributed by atoms with Crippen LogP contribution in [0.2, 0.25) is 0 Å². The molecule has 35 heavy (non-hydrogen) atoms. The molecule has 4 rings (SSSR count). The molecule has 0 amide bonds. The summed E-state index contributed by atoms with van der Waals surface area (Å²) in [5.74, 6) is 1.80. The van der Waals surface area contributed by atoms with E-state index in [2.05, 4.69) is 56.4 Å². The van der Waals surface area contributed by atoms with Crippen LogP contribution < -0.4 is 5.32 Å². The number of rotatable bonds is 9. The van der Waals surface area contributed by atoms with Gasteiger partial charge in [0.15, 0.2) is 0 Å². The van der Waals surface area contributed by atoms with Crippen molar-refractivity contribution in [3.05, 3.63) is 70.5 Å². The molecule has 1 saturated carbocycles. The number of hydrogen-bond donors (Lipinski definition) is 1. The second-order valence-corrected chi connectivity index (χ2v) is 11.3. The van der Waals surface area contributed by atoms with Crippen molar-refractivity contribution >= 4 is 5.71 Å². The van der Waals surface area contributed by atoms with Crippen LogP contribution in [0.1, 0.15) is 94.4 Å². The Balaban J connectivity index is 1.37. The van der Waals surface area contributed by atoms with Crippen molar-refractivity contribution in [2.75, 3.05) is 13.7 Å². The predicted molar refractivity (Wildman–Crippen MR) is 144 cm³/mol. The molecular weight excluding hydrogens is 435 g/mol. The summed E-state index contributed by atoms with van der Waals surface area (Å²) in [5, 5.41) is 8.05. The van der Waals surface area contributed by atoms with E-state index < -0.39 is 0 Å². The lowest BCUT2D eigenvalue weighted by atomic mass is 9.53. The highest BCUT2D eigenvalue weighted by Crippen LogP contribution is 2.53. The van der Waals surface area contributed by atoms with Gasteiger partial charge in [0.2, 0.25) is 0 Å². The van der Waals surface area contributed by atoms with E-state index in [1.165, 1.54) is 49.8 Å². The van der Waals surface area contributed by atoms with Gasteiger partial charge in [0.25, 0.3) is 0 Å². The molecule has 190 valence electrons. The molecule has 4 unspecified atom stereocenters. The molecule has 0 aliphatic heterocycles. The first kappa shape index (κ1) is 25.9. The Morgan fingerprint density at radius 2 is 1.91 bits per heavy atom. The van der Waals surface area contributed by atoms with Crippen LogP contribution in [0.3, 0.4) is 0 Å². The Morgan fingerprint density at radius 3 is 2.63 bits per heavy atom. The zero-order valence-corrected chi connectivity index (χ0v) is 22.2. The lowest BCUT2D eigenvalue weighted by Crippen LogP contribution is -2.50. The fraction of sp³-hybridized carbons (Fsp3) is 0.581. The minimum absolute atomic E-state index is 0.230. The summed E-state index contributed by atoms with van der Waals surface area (Å²) in [6, 6.07) is 14.3. The second kappa shape index (κ2) is 11.2. The quantitative estimate of drug-likeness (QED) is 0.232. The first-order valence-corrected chi connectivity index (χ1v) is 13.6. The molecule has 4 atom stereocenters. The Labute approximate surface area is 211 Å². The van der Waals surface area contributed by atoms with Gasteiger partial charge in [0, 0.05) is 6.04 Å². The van der Waals surface area contributed by atoms with Gasteiger partial charge in [0.1, 0.15) is 12.9 Å². The standard InChI is InChI=1S/C31H43FN2O/c1-21(2)24-12-16-28-25(20-24)13-17-29-27(8-6-18-31(28,29)4)22(3)33-19-7-9-30(34-35-5)23-10-14-26(32)15-11-23/h10-12,14-16,20-22,27,29,33H,6-9,13,17-19H2,1-5H3. The molecule has 0 aromatic heterocycles. The third kappa shape index (κ3) is 5.63. The molecule has 2 aromatic carbocycles. The van der Waals surface area contributed by atoms with Crippen molar-refractivity contribution in [1.82, 2.24) is 5.32 Å². The molecule has 4 heteroatoms. The van der Waals surface area contributed by atoms with Gasteiger partial charge in [0.05, 0.1) is 5.71 Å². The maximum absolute atomic E-state index is 13.3. The van der Waals surface area contributed by atoms with Crippen molar-refractivity contribution in [2.24, 2.45) is 17.0 Å². The van der Waals surface area contributed by atoms with E-state index in [1.807, 2.05) is 0 Å². The summed E-state index contributed by atoms with van der Waals surface area (Å²) >= 11 is 0. The van der Waals surface area contributed by atoms with Crippen LogP contribution in [0.25, 0.3) is 0 Å². The predicted octanol–water partition coefficient (Wildman–Crippen LogP) is 7.38. The second-order valence-electron chi connectivity index (χ2n) is 11.3. The van der Waals surface area contributed by atoms with E-state index in [4.69, 9.17) is 4.84 Å². The highest BCUT2D eigenvalue weighted by molar-refractivity contribution is 6.00. The van der Waals surface area contributed by atoms with Crippen molar-refractivity contribution in [2.45, 2.75) is 90.0 Å². The fourth-order valence-electron chi connectivity index (χ4n) is 6.81. The highest BCUT2D eigenvalue weighted by atomic mass is 19.1. The van der Waals surface area contributed by atoms with Gasteiger partial charge in [-0.15, -0.1) is 0 Å². The Kier molecular flexibility index (Phi) is 8.31. The minimum Gasteiger partial charge on any atom is -0.399 e. The van der Waals surface area contributed by atoms with Crippen molar-refractivity contribution in [3.8, 4) is 0 Å². The monoisotopic (exact) mass is 478 g/mol. The summed E-state index contributed by atoms with van der Waals surface area (Å²) in [6.45, 7) is 10.5. The number of oxime groups is 1. The van der Waals surface area contributed by atoms with Crippen molar-refractivity contribution < 1.29 is 9.23 Å². The number of hydrogen-bond acceptors (Lipinski definition) is 3. The first-order valence-electron chi connectivity index (χ1n) is 13.6. The molecule has 0 heterocycles. The summed E-state index contributed by atoms with van der Waals surface area (Å²) in [6.07, 6.45) is 8.23. The van der Waals surface area contributed by atoms with E-state index in [9.17, 15) is 4.39 Å². The zero-order chi connectivity index (χ0) is 25.0. The maximum atomic E-state index is 13.3. The van der Waals surface area contributed by atoms with Crippen LogP contribution in [0, 0.1) is 17.7 Å². The van der Waals surface area contributed by atoms with E-state index in [0.29, 0.717) is 23.3 Å². The van der Waals surface area contributed by atoms with E-state index >= 15 is 0 Å². The summed E-state index contributed by atoms with van der Waals surface area (Å²) < 4.78 is 13.3. The molecular formula is C31H43FN2O. The SMILES string of the molecule is CON=C(CCCNC(C)C1CCCC2(C)c3ccc(C(C)C)cc3CCC12)c1ccc(F)cc1. The topological polar surface area (TPSA) is 33.6 Å². The molecule has 0 spiro atoms. The average molecular weight is 479 g/mol. The Bertz CT molecular complexity index is 1020. The molecule has 2 aliphatic rings. The molecule has 0 saturated heterocycles. The summed E-state index contributed by atoms with van der Waals surface area (Å²) in [5.41, 5.74) is 6.78. The van der Waals surface area contributed by atoms with Crippen LogP contribution in [0.4, 0.5) is 4.39 Å². The van der Waals surface area contributed by atoms with Crippen LogP contribution in [0.5, 0.6) is 0 Å². The lowest BCUT2D eigenvalue weighted by Gasteiger charge is -2.52. The first-order chi connectivity index (χ1) is 16.8. The highest BCUT2D eigenvalue weighted by Gasteiger charge is 2.47. The van der Waals surface area contributed by atoms with E-state index in [-0.39, 0.29) is 5.82 Å². The maximum Gasteiger partial charge on any atom is 0.123 e. The minimum atomic E-state index is -0.230. The van der Waals surface area contributed by atoms with Gasteiger partial charge in [-0.25, -0.2) is 4.39 Å². The fourth-order valence-corrected chi connectivity index (χ4v) is 6.81. The third-order valence-electron chi connectivity index (χ3n) is 8.78. The smallest absolute Gasteiger partial charge is 0.123 e. The van der Waals surface area contributed by atoms with Gasteiger partial charge < -0.3 is 10.2 Å². The van der Waals surface area contributed by atoms with E-state index in [0.717, 1.165) is 36.6 Å². The molecule has 1 fully saturated rings. The Hall–Kier alpha value is -2.20. The van der Waals surface area contributed by atoms with Crippen LogP contribution in [-0.4, -0.2) is 25.4 Å². The third-order valence-corrected chi connectivity index (χ3v) is 8.78. The molecule has 2 aliphatic carbocycles. The number of halogens is 1. The van der Waals surface area contributed by atoms with Crippen LogP contribution in [-0.2, 0) is 16.7 Å². The van der Waals surface area contributed by atoms with E-state index in [1.54, 1.807) is 30.4 Å². The Morgan fingerprint density at radius 1 is 1.14 bits per heavy atom. The van der Waals surface area contributed by atoms with Crippen LogP contribution >= 0.6 is 0 Å². The van der Waals surface area contributed by atoms with Crippen LogP contribution in [0.15, 0.2) is 47.6 Å². The van der Waals surface area contributed by atoms with Crippen molar-refractivity contribution in [3.63, 3.8) is 0 Å². The van der Waals surface area contributed by atoms with Gasteiger partial charge in [-0.3, -0.25) is 0 Å². The molecule has 1 N–H and O–H groups in total. The van der Waals surface area contributed by atoms with Crippen molar-refractivity contribution in [1.29, 1.82) is 0 Å². The van der Waals surface area contributed by atoms with Gasteiger partial charge in [-0.1, -0.05) is 62.7 Å². The summed E-state index contributed by atoms with van der Waals surface area (Å²) in [4.78, 5) is 5.06.